The molecule has 0 aliphatic heterocycles. The van der Waals surface area contributed by atoms with Crippen molar-refractivity contribution in [2.75, 3.05) is 17.2 Å². The molecule has 0 saturated carbocycles. The zero-order valence-corrected chi connectivity index (χ0v) is 18.4. The zero-order chi connectivity index (χ0) is 22.4. The van der Waals surface area contributed by atoms with Crippen molar-refractivity contribution in [3.05, 3.63) is 64.7 Å². The molecule has 0 unspecified atom stereocenters. The minimum Gasteiger partial charge on any atom is -0.347 e. The molecule has 160 valence electrons. The average Bonchev–Trinajstić information content (AvgIpc) is 3.08. The molecule has 8 heteroatoms. The van der Waals surface area contributed by atoms with E-state index in [4.69, 9.17) is 0 Å². The quantitative estimate of drug-likeness (QED) is 0.513. The number of aromatic nitrogens is 1. The first kappa shape index (κ1) is 22.2. The SMILES string of the molecule is CC(=O)Nc1cccc(NC(=O)C(=O)NCCc2sc(-c3ccc(C)cc3)nc2C)c1. The van der Waals surface area contributed by atoms with Gasteiger partial charge in [0.15, 0.2) is 0 Å². The van der Waals surface area contributed by atoms with E-state index in [0.29, 0.717) is 24.3 Å². The van der Waals surface area contributed by atoms with E-state index in [1.54, 1.807) is 35.6 Å². The molecule has 3 amide bonds. The largest absolute Gasteiger partial charge is 0.347 e. The minimum absolute atomic E-state index is 0.217. The Morgan fingerprint density at radius 1 is 0.935 bits per heavy atom. The maximum atomic E-state index is 12.2. The zero-order valence-electron chi connectivity index (χ0n) is 17.6. The summed E-state index contributed by atoms with van der Waals surface area (Å²) in [6.07, 6.45) is 0.590. The van der Waals surface area contributed by atoms with Gasteiger partial charge in [0, 0.05) is 41.7 Å². The van der Waals surface area contributed by atoms with Crippen molar-refractivity contribution in [3.63, 3.8) is 0 Å². The van der Waals surface area contributed by atoms with Crippen LogP contribution in [0.25, 0.3) is 10.6 Å². The highest BCUT2D eigenvalue weighted by molar-refractivity contribution is 7.15. The van der Waals surface area contributed by atoms with Crippen LogP contribution in [0.3, 0.4) is 0 Å². The van der Waals surface area contributed by atoms with Crippen LogP contribution in [0.1, 0.15) is 23.1 Å². The number of aryl methyl sites for hydroxylation is 2. The normalized spacial score (nSPS) is 10.4. The minimum atomic E-state index is -0.763. The molecule has 3 N–H and O–H groups in total. The van der Waals surface area contributed by atoms with E-state index in [9.17, 15) is 14.4 Å². The average molecular weight is 437 g/mol. The van der Waals surface area contributed by atoms with E-state index in [-0.39, 0.29) is 5.91 Å². The number of thiazole rings is 1. The number of rotatable bonds is 6. The maximum absolute atomic E-state index is 12.2. The molecule has 3 aromatic rings. The Kier molecular flexibility index (Phi) is 7.15. The highest BCUT2D eigenvalue weighted by Gasteiger charge is 2.15. The van der Waals surface area contributed by atoms with Gasteiger partial charge < -0.3 is 16.0 Å². The number of amides is 3. The topological polar surface area (TPSA) is 100 Å². The van der Waals surface area contributed by atoms with E-state index in [1.807, 2.05) is 26.0 Å². The van der Waals surface area contributed by atoms with Gasteiger partial charge in [0.05, 0.1) is 5.69 Å². The predicted molar refractivity (Wildman–Crippen MR) is 123 cm³/mol. The van der Waals surface area contributed by atoms with Crippen molar-refractivity contribution >= 4 is 40.4 Å². The van der Waals surface area contributed by atoms with E-state index in [2.05, 4.69) is 33.1 Å². The molecular weight excluding hydrogens is 412 g/mol. The molecule has 1 aromatic heterocycles. The Hall–Kier alpha value is -3.52. The number of carbonyl (C=O) groups excluding carboxylic acids is 3. The molecule has 1 heterocycles. The number of hydrogen-bond acceptors (Lipinski definition) is 5. The lowest BCUT2D eigenvalue weighted by molar-refractivity contribution is -0.136. The van der Waals surface area contributed by atoms with Crippen molar-refractivity contribution in [1.29, 1.82) is 0 Å². The first-order chi connectivity index (χ1) is 14.8. The van der Waals surface area contributed by atoms with Gasteiger partial charge in [-0.1, -0.05) is 35.9 Å². The molecular formula is C23H24N4O3S. The Morgan fingerprint density at radius 3 is 2.29 bits per heavy atom. The van der Waals surface area contributed by atoms with Gasteiger partial charge in [0.2, 0.25) is 5.91 Å². The third-order valence-electron chi connectivity index (χ3n) is 4.48. The smallest absolute Gasteiger partial charge is 0.313 e. The third-order valence-corrected chi connectivity index (χ3v) is 5.74. The highest BCUT2D eigenvalue weighted by Crippen LogP contribution is 2.28. The predicted octanol–water partition coefficient (Wildman–Crippen LogP) is 3.68. The van der Waals surface area contributed by atoms with Crippen LogP contribution < -0.4 is 16.0 Å². The summed E-state index contributed by atoms with van der Waals surface area (Å²) in [6, 6.07) is 14.8. The Morgan fingerprint density at radius 2 is 1.61 bits per heavy atom. The molecule has 7 nitrogen and oxygen atoms in total. The van der Waals surface area contributed by atoms with Crippen molar-refractivity contribution in [2.24, 2.45) is 0 Å². The summed E-state index contributed by atoms with van der Waals surface area (Å²) in [5, 5.41) is 8.74. The van der Waals surface area contributed by atoms with Crippen LogP contribution >= 0.6 is 11.3 Å². The molecule has 0 fully saturated rings. The summed E-state index contributed by atoms with van der Waals surface area (Å²) in [4.78, 5) is 41.1. The molecule has 0 radical (unpaired) electrons. The molecule has 0 spiro atoms. The Balaban J connectivity index is 1.52. The summed E-state index contributed by atoms with van der Waals surface area (Å²) in [7, 11) is 0. The second-order valence-corrected chi connectivity index (χ2v) is 8.20. The fourth-order valence-electron chi connectivity index (χ4n) is 2.92. The highest BCUT2D eigenvalue weighted by atomic mass is 32.1. The standard InChI is InChI=1S/C23H24N4O3S/c1-14-7-9-17(10-8-14)23-25-15(2)20(31-23)11-12-24-21(29)22(30)27-19-6-4-5-18(13-19)26-16(3)28/h4-10,13H,11-12H2,1-3H3,(H,24,29)(H,26,28)(H,27,30). The van der Waals surface area contributed by atoms with E-state index < -0.39 is 11.8 Å². The van der Waals surface area contributed by atoms with Gasteiger partial charge in [-0.15, -0.1) is 11.3 Å². The molecule has 31 heavy (non-hydrogen) atoms. The van der Waals surface area contributed by atoms with Crippen LogP contribution in [-0.2, 0) is 20.8 Å². The summed E-state index contributed by atoms with van der Waals surface area (Å²) < 4.78 is 0. The van der Waals surface area contributed by atoms with Crippen molar-refractivity contribution in [3.8, 4) is 10.6 Å². The van der Waals surface area contributed by atoms with E-state index >= 15 is 0 Å². The van der Waals surface area contributed by atoms with Gasteiger partial charge in [-0.25, -0.2) is 4.98 Å². The van der Waals surface area contributed by atoms with E-state index in [0.717, 1.165) is 21.1 Å². The van der Waals surface area contributed by atoms with Crippen LogP contribution in [-0.4, -0.2) is 29.3 Å². The van der Waals surface area contributed by atoms with Gasteiger partial charge in [-0.05, 0) is 32.0 Å². The van der Waals surface area contributed by atoms with Gasteiger partial charge >= 0.3 is 11.8 Å². The molecule has 0 saturated heterocycles. The molecule has 0 atom stereocenters. The van der Waals surface area contributed by atoms with Crippen molar-refractivity contribution in [1.82, 2.24) is 10.3 Å². The maximum Gasteiger partial charge on any atom is 0.313 e. The first-order valence-electron chi connectivity index (χ1n) is 9.82. The number of nitrogens with one attached hydrogen (secondary N) is 3. The van der Waals surface area contributed by atoms with Crippen LogP contribution in [0.4, 0.5) is 11.4 Å². The third kappa shape index (κ3) is 6.23. The number of benzene rings is 2. The molecule has 2 aromatic carbocycles. The monoisotopic (exact) mass is 436 g/mol. The lowest BCUT2D eigenvalue weighted by Crippen LogP contribution is -2.36. The van der Waals surface area contributed by atoms with Crippen LogP contribution in [0.5, 0.6) is 0 Å². The summed E-state index contributed by atoms with van der Waals surface area (Å²) >= 11 is 1.59. The number of carbonyl (C=O) groups is 3. The summed E-state index contributed by atoms with van der Waals surface area (Å²) in [5.41, 5.74) is 4.15. The fourth-order valence-corrected chi connectivity index (χ4v) is 3.98. The lowest BCUT2D eigenvalue weighted by atomic mass is 10.2. The van der Waals surface area contributed by atoms with Crippen molar-refractivity contribution in [2.45, 2.75) is 27.2 Å². The van der Waals surface area contributed by atoms with Gasteiger partial charge in [0.25, 0.3) is 0 Å². The number of hydrogen-bond donors (Lipinski definition) is 3. The molecule has 0 bridgehead atoms. The number of anilines is 2. The lowest BCUT2D eigenvalue weighted by Gasteiger charge is -2.08. The fraction of sp³-hybridized carbons (Fsp3) is 0.217. The van der Waals surface area contributed by atoms with Gasteiger partial charge in [0.1, 0.15) is 5.01 Å². The van der Waals surface area contributed by atoms with Gasteiger partial charge in [-0.2, -0.15) is 0 Å². The molecule has 0 aliphatic rings. The molecule has 0 aliphatic carbocycles. The summed E-state index contributed by atoms with van der Waals surface area (Å²) in [6.45, 7) is 5.71. The Labute approximate surface area is 184 Å². The molecule has 3 rings (SSSR count). The van der Waals surface area contributed by atoms with Crippen LogP contribution in [0.2, 0.25) is 0 Å². The van der Waals surface area contributed by atoms with E-state index in [1.165, 1.54) is 12.5 Å². The second kappa shape index (κ2) is 9.99. The van der Waals surface area contributed by atoms with Crippen LogP contribution in [0, 0.1) is 13.8 Å². The Bertz CT molecular complexity index is 1110. The number of nitrogens with zero attached hydrogens (tertiary/aromatic N) is 1. The first-order valence-corrected chi connectivity index (χ1v) is 10.6. The van der Waals surface area contributed by atoms with Crippen LogP contribution in [0.15, 0.2) is 48.5 Å². The summed E-state index contributed by atoms with van der Waals surface area (Å²) in [5.74, 6) is -1.70. The van der Waals surface area contributed by atoms with Crippen molar-refractivity contribution < 1.29 is 14.4 Å². The van der Waals surface area contributed by atoms with Gasteiger partial charge in [-0.3, -0.25) is 14.4 Å². The second-order valence-electron chi connectivity index (χ2n) is 7.12.